The van der Waals surface area contributed by atoms with Gasteiger partial charge in [-0.3, -0.25) is 4.90 Å². The van der Waals surface area contributed by atoms with Gasteiger partial charge in [-0.2, -0.15) is 0 Å². The van der Waals surface area contributed by atoms with Gasteiger partial charge >= 0.3 is 0 Å². The van der Waals surface area contributed by atoms with Crippen LogP contribution in [0.2, 0.25) is 0 Å². The minimum Gasteiger partial charge on any atom is -0.393 e. The molecule has 0 bridgehead atoms. The molecule has 0 aromatic rings. The zero-order valence-corrected chi connectivity index (χ0v) is 17.1. The van der Waals surface area contributed by atoms with Gasteiger partial charge in [0.15, 0.2) is 0 Å². The van der Waals surface area contributed by atoms with E-state index >= 15 is 0 Å². The van der Waals surface area contributed by atoms with Gasteiger partial charge in [0.2, 0.25) is 0 Å². The number of aliphatic hydroxyl groups excluding tert-OH is 2. The Balaban J connectivity index is 1.43. The Kier molecular flexibility index (Phi) is 4.51. The lowest BCUT2D eigenvalue weighted by molar-refractivity contribution is -0.0820. The quantitative estimate of drug-likeness (QED) is 0.692. The van der Waals surface area contributed by atoms with Crippen LogP contribution in [0.1, 0.15) is 58.8 Å². The smallest absolute Gasteiger partial charge is 0.0751 e. The summed E-state index contributed by atoms with van der Waals surface area (Å²) in [6, 6.07) is 0.314. The van der Waals surface area contributed by atoms with E-state index in [1.54, 1.807) is 0 Å². The zero-order chi connectivity index (χ0) is 18.8. The van der Waals surface area contributed by atoms with Crippen LogP contribution >= 0.6 is 0 Å². The van der Waals surface area contributed by atoms with Gasteiger partial charge in [0.1, 0.15) is 0 Å². The highest BCUT2D eigenvalue weighted by Crippen LogP contribution is 2.65. The number of morpholine rings is 1. The molecule has 4 aliphatic carbocycles. The summed E-state index contributed by atoms with van der Waals surface area (Å²) in [6.07, 6.45) is 9.86. The molecular formula is C23H37NO3. The first-order valence-corrected chi connectivity index (χ1v) is 11.3. The molecule has 5 rings (SSSR count). The molecule has 2 N–H and O–H groups in total. The highest BCUT2D eigenvalue weighted by molar-refractivity contribution is 5.26. The van der Waals surface area contributed by atoms with Crippen molar-refractivity contribution in [2.45, 2.75) is 77.0 Å². The normalized spacial score (nSPS) is 53.3. The standard InChI is InChI=1S/C23H37NO3/c1-22-7-5-16(25)13-15(22)3-4-17-18(22)6-8-23(2)19(17)14-20(21(23)26)24-9-11-27-12-10-24/h3,16-21,25-26H,4-14H2,1-2H3/t16-,17+,18-,19-,20-,21-,22-,23-/m0/s1. The van der Waals surface area contributed by atoms with E-state index in [0.717, 1.165) is 70.7 Å². The summed E-state index contributed by atoms with van der Waals surface area (Å²) in [7, 11) is 0. The summed E-state index contributed by atoms with van der Waals surface area (Å²) >= 11 is 0. The molecule has 4 nitrogen and oxygen atoms in total. The van der Waals surface area contributed by atoms with E-state index in [2.05, 4.69) is 24.8 Å². The van der Waals surface area contributed by atoms with Crippen LogP contribution < -0.4 is 0 Å². The Hall–Kier alpha value is -0.420. The summed E-state index contributed by atoms with van der Waals surface area (Å²) in [5.41, 5.74) is 1.89. The predicted molar refractivity (Wildman–Crippen MR) is 105 cm³/mol. The highest BCUT2D eigenvalue weighted by atomic mass is 16.5. The van der Waals surface area contributed by atoms with E-state index in [0.29, 0.717) is 17.9 Å². The maximum absolute atomic E-state index is 11.4. The fourth-order valence-electron chi connectivity index (χ4n) is 7.89. The fraction of sp³-hybridized carbons (Fsp3) is 0.913. The molecular weight excluding hydrogens is 338 g/mol. The maximum Gasteiger partial charge on any atom is 0.0751 e. The topological polar surface area (TPSA) is 52.9 Å². The summed E-state index contributed by atoms with van der Waals surface area (Å²) in [4.78, 5) is 2.51. The van der Waals surface area contributed by atoms with E-state index in [9.17, 15) is 10.2 Å². The van der Waals surface area contributed by atoms with Crippen LogP contribution in [0.25, 0.3) is 0 Å². The molecule has 1 saturated heterocycles. The Labute approximate surface area is 164 Å². The van der Waals surface area contributed by atoms with Crippen LogP contribution in [0.3, 0.4) is 0 Å². The van der Waals surface area contributed by atoms with E-state index in [1.807, 2.05) is 0 Å². The van der Waals surface area contributed by atoms with Gasteiger partial charge in [0.25, 0.3) is 0 Å². The van der Waals surface area contributed by atoms with E-state index in [1.165, 1.54) is 12.0 Å². The second kappa shape index (κ2) is 6.55. The highest BCUT2D eigenvalue weighted by Gasteiger charge is 2.61. The minimum atomic E-state index is -0.201. The third-order valence-corrected chi connectivity index (χ3v) is 9.57. The van der Waals surface area contributed by atoms with Gasteiger partial charge < -0.3 is 14.9 Å². The number of hydrogen-bond acceptors (Lipinski definition) is 4. The second-order valence-electron chi connectivity index (χ2n) is 10.6. The predicted octanol–water partition coefficient (Wildman–Crippen LogP) is 2.98. The number of aliphatic hydroxyl groups is 2. The number of nitrogens with zero attached hydrogens (tertiary/aromatic N) is 1. The van der Waals surface area contributed by atoms with Crippen LogP contribution in [-0.2, 0) is 4.74 Å². The molecule has 0 unspecified atom stereocenters. The van der Waals surface area contributed by atoms with Crippen LogP contribution in [0, 0.1) is 28.6 Å². The first-order chi connectivity index (χ1) is 12.9. The fourth-order valence-corrected chi connectivity index (χ4v) is 7.89. The van der Waals surface area contributed by atoms with Crippen molar-refractivity contribution >= 4 is 0 Å². The van der Waals surface area contributed by atoms with Crippen molar-refractivity contribution in [1.82, 2.24) is 4.90 Å². The SMILES string of the molecule is C[C@]12CC[C@H]3[C@@H](CC=C4C[C@@H](O)CC[C@@]43C)[C@@H]1C[C@H](N1CCOCC1)[C@@H]2O. The Morgan fingerprint density at radius 2 is 1.85 bits per heavy atom. The van der Waals surface area contributed by atoms with Crippen molar-refractivity contribution in [3.8, 4) is 0 Å². The lowest BCUT2D eigenvalue weighted by atomic mass is 9.48. The average molecular weight is 376 g/mol. The molecule has 1 heterocycles. The minimum absolute atomic E-state index is 0.0695. The molecule has 0 aromatic heterocycles. The monoisotopic (exact) mass is 375 g/mol. The van der Waals surface area contributed by atoms with E-state index in [4.69, 9.17) is 4.74 Å². The third-order valence-electron chi connectivity index (χ3n) is 9.57. The number of ether oxygens (including phenoxy) is 1. The second-order valence-corrected chi connectivity index (χ2v) is 10.6. The zero-order valence-electron chi connectivity index (χ0n) is 17.1. The van der Waals surface area contributed by atoms with Gasteiger partial charge in [-0.25, -0.2) is 0 Å². The summed E-state index contributed by atoms with van der Waals surface area (Å²) in [6.45, 7) is 8.42. The molecule has 0 amide bonds. The van der Waals surface area contributed by atoms with Gasteiger partial charge in [-0.05, 0) is 73.5 Å². The first-order valence-electron chi connectivity index (χ1n) is 11.3. The average Bonchev–Trinajstić information content (AvgIpc) is 2.94. The first kappa shape index (κ1) is 18.6. The molecule has 27 heavy (non-hydrogen) atoms. The molecule has 4 fully saturated rings. The Bertz CT molecular complexity index is 615. The molecule has 0 spiro atoms. The molecule has 8 atom stereocenters. The van der Waals surface area contributed by atoms with Gasteiger partial charge in [0.05, 0.1) is 25.4 Å². The molecule has 152 valence electrons. The van der Waals surface area contributed by atoms with Crippen LogP contribution in [-0.4, -0.2) is 59.7 Å². The maximum atomic E-state index is 11.4. The number of hydrogen-bond donors (Lipinski definition) is 2. The molecule has 5 aliphatic rings. The van der Waals surface area contributed by atoms with Crippen molar-refractivity contribution in [1.29, 1.82) is 0 Å². The summed E-state index contributed by atoms with van der Waals surface area (Å²) < 4.78 is 5.55. The molecule has 0 aromatic carbocycles. The van der Waals surface area contributed by atoms with Gasteiger partial charge in [0, 0.05) is 19.1 Å². The van der Waals surface area contributed by atoms with Gasteiger partial charge in [-0.1, -0.05) is 25.5 Å². The number of fused-ring (bicyclic) bond motifs is 5. The Morgan fingerprint density at radius 1 is 1.07 bits per heavy atom. The third kappa shape index (κ3) is 2.70. The summed E-state index contributed by atoms with van der Waals surface area (Å²) in [5, 5.41) is 21.6. The van der Waals surface area contributed by atoms with Crippen LogP contribution in [0.15, 0.2) is 11.6 Å². The molecule has 3 saturated carbocycles. The van der Waals surface area contributed by atoms with E-state index in [-0.39, 0.29) is 23.0 Å². The van der Waals surface area contributed by atoms with Crippen molar-refractivity contribution in [3.05, 3.63) is 11.6 Å². The summed E-state index contributed by atoms with van der Waals surface area (Å²) in [5.74, 6) is 2.06. The number of rotatable bonds is 1. The van der Waals surface area contributed by atoms with E-state index < -0.39 is 0 Å². The lowest BCUT2D eigenvalue weighted by Gasteiger charge is -2.57. The number of allylic oxidation sites excluding steroid dienone is 1. The van der Waals surface area contributed by atoms with Crippen LogP contribution in [0.5, 0.6) is 0 Å². The Morgan fingerprint density at radius 3 is 2.63 bits per heavy atom. The van der Waals surface area contributed by atoms with Crippen LogP contribution in [0.4, 0.5) is 0 Å². The van der Waals surface area contributed by atoms with Crippen molar-refractivity contribution in [3.63, 3.8) is 0 Å². The lowest BCUT2D eigenvalue weighted by Crippen LogP contribution is -2.52. The van der Waals surface area contributed by atoms with Crippen molar-refractivity contribution < 1.29 is 14.9 Å². The van der Waals surface area contributed by atoms with Crippen molar-refractivity contribution in [2.75, 3.05) is 26.3 Å². The molecule has 1 aliphatic heterocycles. The largest absolute Gasteiger partial charge is 0.393 e. The molecule has 0 radical (unpaired) electrons. The van der Waals surface area contributed by atoms with Crippen molar-refractivity contribution in [2.24, 2.45) is 28.6 Å². The molecule has 4 heteroatoms. The van der Waals surface area contributed by atoms with Gasteiger partial charge in [-0.15, -0.1) is 0 Å².